The predicted molar refractivity (Wildman–Crippen MR) is 116 cm³/mol. The molecule has 29 heavy (non-hydrogen) atoms. The molecule has 2 fully saturated rings. The van der Waals surface area contributed by atoms with Crippen molar-refractivity contribution in [3.63, 3.8) is 0 Å². The van der Waals surface area contributed by atoms with E-state index in [4.69, 9.17) is 4.52 Å². The molecule has 2 aromatic rings. The van der Waals surface area contributed by atoms with Gasteiger partial charge in [0.2, 0.25) is 5.91 Å². The summed E-state index contributed by atoms with van der Waals surface area (Å²) in [6, 6.07) is 6.11. The Balaban J connectivity index is 1.37. The van der Waals surface area contributed by atoms with Crippen molar-refractivity contribution in [3.8, 4) is 0 Å². The van der Waals surface area contributed by atoms with Gasteiger partial charge in [-0.15, -0.1) is 0 Å². The Kier molecular flexibility index (Phi) is 5.80. The van der Waals surface area contributed by atoms with Gasteiger partial charge < -0.3 is 9.84 Å². The third-order valence-corrected chi connectivity index (χ3v) is 6.47. The lowest BCUT2D eigenvalue weighted by atomic mass is 9.69. The van der Waals surface area contributed by atoms with Crippen molar-refractivity contribution in [2.75, 3.05) is 5.32 Å². The number of nitrogens with zero attached hydrogens (tertiary/aromatic N) is 1. The molecule has 0 radical (unpaired) electrons. The predicted octanol–water partition coefficient (Wildman–Crippen LogP) is 6.28. The molecule has 0 atom stereocenters. The Morgan fingerprint density at radius 1 is 1.21 bits per heavy atom. The van der Waals surface area contributed by atoms with Crippen molar-refractivity contribution >= 4 is 11.6 Å². The molecule has 2 aliphatic rings. The molecule has 1 N–H and O–H groups in total. The van der Waals surface area contributed by atoms with Gasteiger partial charge >= 0.3 is 0 Å². The number of nitrogens with one attached hydrogen (secondary N) is 1. The largest absolute Gasteiger partial charge is 0.361 e. The summed E-state index contributed by atoms with van der Waals surface area (Å²) in [5.74, 6) is 3.94. The summed E-state index contributed by atoms with van der Waals surface area (Å²) >= 11 is 0. The minimum atomic E-state index is 0.0453. The smallest absolute Gasteiger partial charge is 0.224 e. The summed E-state index contributed by atoms with van der Waals surface area (Å²) in [7, 11) is 0. The van der Waals surface area contributed by atoms with Crippen LogP contribution in [-0.2, 0) is 11.2 Å². The SMILES string of the molecule is Cc1ccc(NC(=O)CCc2noc([C@H]3C[C@@H](CC(C)C)C3)c2C2CC2)c(C)c1. The van der Waals surface area contributed by atoms with E-state index < -0.39 is 0 Å². The van der Waals surface area contributed by atoms with Crippen molar-refractivity contribution in [1.29, 1.82) is 0 Å². The first-order valence-corrected chi connectivity index (χ1v) is 11.3. The van der Waals surface area contributed by atoms with Gasteiger partial charge in [-0.25, -0.2) is 0 Å². The highest BCUT2D eigenvalue weighted by atomic mass is 16.5. The average molecular weight is 395 g/mol. The monoisotopic (exact) mass is 394 g/mol. The highest BCUT2D eigenvalue weighted by Gasteiger charge is 2.40. The standard InChI is InChI=1S/C25H34N2O2/c1-15(2)11-18-13-20(14-18)25-24(19-6-7-19)22(27-29-25)9-10-23(28)26-21-8-5-16(3)12-17(21)4/h5,8,12,15,18-20H,6-7,9-11,13-14H2,1-4H3,(H,26,28)/t18-,20+. The number of anilines is 1. The Morgan fingerprint density at radius 3 is 2.62 bits per heavy atom. The number of benzene rings is 1. The molecular formula is C25H34N2O2. The fourth-order valence-corrected chi connectivity index (χ4v) is 4.84. The Bertz CT molecular complexity index is 873. The van der Waals surface area contributed by atoms with Crippen LogP contribution in [0.1, 0.15) is 92.4 Å². The lowest BCUT2D eigenvalue weighted by Crippen LogP contribution is -2.23. The molecule has 1 aromatic heterocycles. The van der Waals surface area contributed by atoms with Crippen molar-refractivity contribution in [3.05, 3.63) is 46.3 Å². The number of hydrogen-bond acceptors (Lipinski definition) is 3. The molecule has 156 valence electrons. The van der Waals surface area contributed by atoms with E-state index in [2.05, 4.69) is 37.3 Å². The lowest BCUT2D eigenvalue weighted by molar-refractivity contribution is -0.116. The summed E-state index contributed by atoms with van der Waals surface area (Å²) < 4.78 is 5.86. The molecule has 2 saturated carbocycles. The van der Waals surface area contributed by atoms with E-state index in [1.807, 2.05) is 19.1 Å². The van der Waals surface area contributed by atoms with Crippen LogP contribution in [0, 0.1) is 25.7 Å². The van der Waals surface area contributed by atoms with Crippen LogP contribution in [0.5, 0.6) is 0 Å². The summed E-state index contributed by atoms with van der Waals surface area (Å²) in [4.78, 5) is 12.5. The fourth-order valence-electron chi connectivity index (χ4n) is 4.84. The third-order valence-electron chi connectivity index (χ3n) is 6.47. The first kappa shape index (κ1) is 20.2. The van der Waals surface area contributed by atoms with Crippen LogP contribution in [-0.4, -0.2) is 11.1 Å². The number of aryl methyl sites for hydroxylation is 3. The lowest BCUT2D eigenvalue weighted by Gasteiger charge is -2.35. The molecule has 4 rings (SSSR count). The Morgan fingerprint density at radius 2 is 1.97 bits per heavy atom. The number of hydrogen-bond donors (Lipinski definition) is 1. The third kappa shape index (κ3) is 4.73. The molecule has 1 aromatic carbocycles. The first-order valence-electron chi connectivity index (χ1n) is 11.3. The van der Waals surface area contributed by atoms with Crippen LogP contribution < -0.4 is 5.32 Å². The molecule has 1 amide bonds. The minimum Gasteiger partial charge on any atom is -0.361 e. The molecule has 0 unspecified atom stereocenters. The summed E-state index contributed by atoms with van der Waals surface area (Å²) in [5.41, 5.74) is 5.57. The molecule has 0 spiro atoms. The number of aromatic nitrogens is 1. The zero-order chi connectivity index (χ0) is 20.5. The van der Waals surface area contributed by atoms with E-state index in [1.54, 1.807) is 0 Å². The maximum Gasteiger partial charge on any atom is 0.224 e. The number of rotatable bonds is 8. The van der Waals surface area contributed by atoms with Gasteiger partial charge in [0.25, 0.3) is 0 Å². The summed E-state index contributed by atoms with van der Waals surface area (Å²) in [5, 5.41) is 7.47. The van der Waals surface area contributed by atoms with Gasteiger partial charge in [-0.1, -0.05) is 36.7 Å². The van der Waals surface area contributed by atoms with Crippen molar-refractivity contribution in [2.24, 2.45) is 11.8 Å². The van der Waals surface area contributed by atoms with Crippen molar-refractivity contribution in [1.82, 2.24) is 5.16 Å². The van der Waals surface area contributed by atoms with Gasteiger partial charge in [0.05, 0.1) is 5.69 Å². The van der Waals surface area contributed by atoms with Crippen LogP contribution in [0.25, 0.3) is 0 Å². The molecule has 4 nitrogen and oxygen atoms in total. The van der Waals surface area contributed by atoms with E-state index in [1.165, 1.54) is 43.2 Å². The summed E-state index contributed by atoms with van der Waals surface area (Å²) in [6.45, 7) is 8.70. The normalized spacial score (nSPS) is 21.3. The van der Waals surface area contributed by atoms with E-state index >= 15 is 0 Å². The number of carbonyl (C=O) groups excluding carboxylic acids is 1. The van der Waals surface area contributed by atoms with Gasteiger partial charge in [-0.3, -0.25) is 4.79 Å². The second-order valence-corrected chi connectivity index (χ2v) is 9.71. The van der Waals surface area contributed by atoms with Gasteiger partial charge in [-0.2, -0.15) is 0 Å². The van der Waals surface area contributed by atoms with E-state index in [9.17, 15) is 4.79 Å². The van der Waals surface area contributed by atoms with Crippen molar-refractivity contribution < 1.29 is 9.32 Å². The minimum absolute atomic E-state index is 0.0453. The molecule has 0 saturated heterocycles. The zero-order valence-corrected chi connectivity index (χ0v) is 18.3. The molecule has 4 heteroatoms. The second-order valence-electron chi connectivity index (χ2n) is 9.71. The molecule has 0 bridgehead atoms. The van der Waals surface area contributed by atoms with E-state index in [0.29, 0.717) is 24.7 Å². The van der Waals surface area contributed by atoms with Crippen LogP contribution in [0.3, 0.4) is 0 Å². The Labute approximate surface area is 174 Å². The van der Waals surface area contributed by atoms with Gasteiger partial charge in [0.1, 0.15) is 5.76 Å². The van der Waals surface area contributed by atoms with E-state index in [-0.39, 0.29) is 5.91 Å². The number of amides is 1. The van der Waals surface area contributed by atoms with Crippen LogP contribution >= 0.6 is 0 Å². The molecular weight excluding hydrogens is 360 g/mol. The van der Waals surface area contributed by atoms with Gasteiger partial charge in [0.15, 0.2) is 0 Å². The Hall–Kier alpha value is -2.10. The maximum absolute atomic E-state index is 12.5. The van der Waals surface area contributed by atoms with Crippen LogP contribution in [0.15, 0.2) is 22.7 Å². The zero-order valence-electron chi connectivity index (χ0n) is 18.3. The van der Waals surface area contributed by atoms with E-state index in [0.717, 1.165) is 34.5 Å². The van der Waals surface area contributed by atoms with Crippen LogP contribution in [0.2, 0.25) is 0 Å². The fraction of sp³-hybridized carbons (Fsp3) is 0.600. The quantitative estimate of drug-likeness (QED) is 0.573. The molecule has 1 heterocycles. The van der Waals surface area contributed by atoms with Gasteiger partial charge in [-0.05, 0) is 75.3 Å². The summed E-state index contributed by atoms with van der Waals surface area (Å²) in [6.07, 6.45) is 7.36. The topological polar surface area (TPSA) is 55.1 Å². The molecule has 0 aliphatic heterocycles. The van der Waals surface area contributed by atoms with Crippen LogP contribution in [0.4, 0.5) is 5.69 Å². The molecule has 2 aliphatic carbocycles. The highest BCUT2D eigenvalue weighted by Crippen LogP contribution is 2.51. The average Bonchev–Trinajstić information content (AvgIpc) is 3.38. The second kappa shape index (κ2) is 8.33. The first-order chi connectivity index (χ1) is 13.9. The number of carbonyl (C=O) groups is 1. The highest BCUT2D eigenvalue weighted by molar-refractivity contribution is 5.91. The maximum atomic E-state index is 12.5. The van der Waals surface area contributed by atoms with Crippen molar-refractivity contribution in [2.45, 2.75) is 84.5 Å². The van der Waals surface area contributed by atoms with Gasteiger partial charge in [0, 0.05) is 30.0 Å².